The zero-order valence-corrected chi connectivity index (χ0v) is 11.3. The molecular weight excluding hydrogens is 220 g/mol. The fourth-order valence-electron chi connectivity index (χ4n) is 5.22. The maximum absolute atomic E-state index is 10.7. The SMILES string of the molecule is Cc1cc(C)cc(C(O)C2C3C4CCC(C4)C32)c1. The number of benzene rings is 1. The topological polar surface area (TPSA) is 20.2 Å². The monoisotopic (exact) mass is 242 g/mol. The van der Waals surface area contributed by atoms with E-state index in [0.29, 0.717) is 5.92 Å². The van der Waals surface area contributed by atoms with Crippen molar-refractivity contribution in [2.45, 2.75) is 39.2 Å². The molecule has 1 aromatic rings. The maximum atomic E-state index is 10.7. The van der Waals surface area contributed by atoms with Crippen molar-refractivity contribution in [2.24, 2.45) is 29.6 Å². The van der Waals surface area contributed by atoms with Crippen LogP contribution in [0.25, 0.3) is 0 Å². The van der Waals surface area contributed by atoms with Gasteiger partial charge in [-0.05, 0) is 68.3 Å². The molecule has 5 atom stereocenters. The number of rotatable bonds is 2. The molecule has 0 heterocycles. The molecule has 96 valence electrons. The molecule has 1 heteroatoms. The molecule has 0 radical (unpaired) electrons. The van der Waals surface area contributed by atoms with Gasteiger partial charge in [0.1, 0.15) is 0 Å². The molecule has 0 spiro atoms. The Labute approximate surface area is 109 Å². The van der Waals surface area contributed by atoms with Crippen LogP contribution < -0.4 is 0 Å². The zero-order valence-electron chi connectivity index (χ0n) is 11.3. The minimum atomic E-state index is -0.206. The van der Waals surface area contributed by atoms with Crippen LogP contribution in [0.5, 0.6) is 0 Å². The van der Waals surface area contributed by atoms with Gasteiger partial charge in [-0.2, -0.15) is 0 Å². The molecular formula is C17H22O. The maximum Gasteiger partial charge on any atom is 0.0824 e. The summed E-state index contributed by atoms with van der Waals surface area (Å²) in [5.41, 5.74) is 3.71. The second-order valence-corrected chi connectivity index (χ2v) is 6.93. The number of aryl methyl sites for hydroxylation is 2. The fourth-order valence-corrected chi connectivity index (χ4v) is 5.22. The molecule has 3 aliphatic rings. The second-order valence-electron chi connectivity index (χ2n) is 6.93. The Morgan fingerprint density at radius 1 is 1.00 bits per heavy atom. The first-order valence-corrected chi connectivity index (χ1v) is 7.41. The zero-order chi connectivity index (χ0) is 12.4. The van der Waals surface area contributed by atoms with E-state index < -0.39 is 0 Å². The lowest BCUT2D eigenvalue weighted by Gasteiger charge is -2.16. The summed E-state index contributed by atoms with van der Waals surface area (Å²) in [6.45, 7) is 4.25. The average molecular weight is 242 g/mol. The smallest absolute Gasteiger partial charge is 0.0824 e. The number of aliphatic hydroxyl groups excluding tert-OH is 1. The van der Waals surface area contributed by atoms with Crippen molar-refractivity contribution in [3.05, 3.63) is 34.9 Å². The van der Waals surface area contributed by atoms with Gasteiger partial charge in [0.05, 0.1) is 6.10 Å². The van der Waals surface area contributed by atoms with Gasteiger partial charge in [0.15, 0.2) is 0 Å². The molecule has 2 bridgehead atoms. The molecule has 0 saturated heterocycles. The summed E-state index contributed by atoms with van der Waals surface area (Å²) in [5, 5.41) is 10.7. The highest BCUT2D eigenvalue weighted by Gasteiger charge is 2.66. The van der Waals surface area contributed by atoms with Crippen LogP contribution in [0.15, 0.2) is 18.2 Å². The molecule has 0 aromatic heterocycles. The highest BCUT2D eigenvalue weighted by molar-refractivity contribution is 5.32. The lowest BCUT2D eigenvalue weighted by atomic mass is 9.93. The Bertz CT molecular complexity index is 456. The van der Waals surface area contributed by atoms with Gasteiger partial charge in [-0.1, -0.05) is 29.3 Å². The predicted molar refractivity (Wildman–Crippen MR) is 72.2 cm³/mol. The normalized spacial score (nSPS) is 41.8. The Balaban J connectivity index is 1.59. The third kappa shape index (κ3) is 1.43. The minimum Gasteiger partial charge on any atom is -0.388 e. The van der Waals surface area contributed by atoms with E-state index in [0.717, 1.165) is 29.2 Å². The Hall–Kier alpha value is -0.820. The van der Waals surface area contributed by atoms with Crippen molar-refractivity contribution in [2.75, 3.05) is 0 Å². The van der Waals surface area contributed by atoms with Gasteiger partial charge in [0.2, 0.25) is 0 Å². The molecule has 3 fully saturated rings. The Morgan fingerprint density at radius 2 is 1.56 bits per heavy atom. The van der Waals surface area contributed by atoms with E-state index in [1.807, 2.05) is 0 Å². The quantitative estimate of drug-likeness (QED) is 0.839. The first-order chi connectivity index (χ1) is 8.65. The Kier molecular flexibility index (Phi) is 2.21. The third-order valence-corrected chi connectivity index (χ3v) is 5.74. The van der Waals surface area contributed by atoms with Gasteiger partial charge in [0.25, 0.3) is 0 Å². The van der Waals surface area contributed by atoms with Gasteiger partial charge in [-0.15, -0.1) is 0 Å². The van der Waals surface area contributed by atoms with Crippen molar-refractivity contribution in [3.63, 3.8) is 0 Å². The predicted octanol–water partition coefficient (Wildman–Crippen LogP) is 3.63. The van der Waals surface area contributed by atoms with E-state index in [1.165, 1.54) is 30.4 Å². The van der Waals surface area contributed by atoms with E-state index in [2.05, 4.69) is 32.0 Å². The molecule has 0 amide bonds. The van der Waals surface area contributed by atoms with Crippen molar-refractivity contribution in [1.82, 2.24) is 0 Å². The lowest BCUT2D eigenvalue weighted by Crippen LogP contribution is -2.08. The summed E-state index contributed by atoms with van der Waals surface area (Å²) in [5.74, 6) is 4.20. The van der Waals surface area contributed by atoms with Gasteiger partial charge in [0, 0.05) is 0 Å². The second kappa shape index (κ2) is 3.60. The van der Waals surface area contributed by atoms with Gasteiger partial charge in [-0.3, -0.25) is 0 Å². The van der Waals surface area contributed by atoms with E-state index >= 15 is 0 Å². The van der Waals surface area contributed by atoms with Crippen LogP contribution in [0, 0.1) is 43.4 Å². The molecule has 3 saturated carbocycles. The number of hydrogen-bond acceptors (Lipinski definition) is 1. The van der Waals surface area contributed by atoms with Crippen LogP contribution in [0.1, 0.15) is 42.1 Å². The van der Waals surface area contributed by atoms with Gasteiger partial charge in [-0.25, -0.2) is 0 Å². The molecule has 5 unspecified atom stereocenters. The largest absolute Gasteiger partial charge is 0.388 e. The van der Waals surface area contributed by atoms with Crippen LogP contribution in [0.3, 0.4) is 0 Å². The number of aliphatic hydroxyl groups is 1. The summed E-state index contributed by atoms with van der Waals surface area (Å²) in [6, 6.07) is 6.54. The van der Waals surface area contributed by atoms with E-state index in [9.17, 15) is 5.11 Å². The summed E-state index contributed by atoms with van der Waals surface area (Å²) < 4.78 is 0. The molecule has 3 aliphatic carbocycles. The average Bonchev–Trinajstić information content (AvgIpc) is 2.74. The Morgan fingerprint density at radius 3 is 2.11 bits per heavy atom. The fraction of sp³-hybridized carbons (Fsp3) is 0.647. The number of fused-ring (bicyclic) bond motifs is 5. The van der Waals surface area contributed by atoms with Crippen LogP contribution in [-0.2, 0) is 0 Å². The summed E-state index contributed by atoms with van der Waals surface area (Å²) in [4.78, 5) is 0. The molecule has 4 rings (SSSR count). The molecule has 18 heavy (non-hydrogen) atoms. The summed E-state index contributed by atoms with van der Waals surface area (Å²) >= 11 is 0. The number of hydrogen-bond donors (Lipinski definition) is 1. The first kappa shape index (κ1) is 11.0. The summed E-state index contributed by atoms with van der Waals surface area (Å²) in [7, 11) is 0. The molecule has 1 nitrogen and oxygen atoms in total. The van der Waals surface area contributed by atoms with Crippen LogP contribution in [0.4, 0.5) is 0 Å². The molecule has 1 N–H and O–H groups in total. The van der Waals surface area contributed by atoms with Gasteiger partial charge >= 0.3 is 0 Å². The minimum absolute atomic E-state index is 0.206. The highest BCUT2D eigenvalue weighted by Crippen LogP contribution is 2.72. The van der Waals surface area contributed by atoms with Crippen molar-refractivity contribution < 1.29 is 5.11 Å². The van der Waals surface area contributed by atoms with Crippen molar-refractivity contribution in [1.29, 1.82) is 0 Å². The van der Waals surface area contributed by atoms with Crippen LogP contribution >= 0.6 is 0 Å². The standard InChI is InChI=1S/C17H22O/c1-9-5-10(2)7-13(6-9)17(18)16-14-11-3-4-12(8-11)15(14)16/h5-7,11-12,14-18H,3-4,8H2,1-2H3. The van der Waals surface area contributed by atoms with Gasteiger partial charge < -0.3 is 5.11 Å². The molecule has 1 aromatic carbocycles. The molecule has 0 aliphatic heterocycles. The van der Waals surface area contributed by atoms with Crippen LogP contribution in [0.2, 0.25) is 0 Å². The van der Waals surface area contributed by atoms with E-state index in [1.54, 1.807) is 0 Å². The summed E-state index contributed by atoms with van der Waals surface area (Å²) in [6.07, 6.45) is 4.12. The van der Waals surface area contributed by atoms with E-state index in [-0.39, 0.29) is 6.10 Å². The van der Waals surface area contributed by atoms with Crippen LogP contribution in [-0.4, -0.2) is 5.11 Å². The highest BCUT2D eigenvalue weighted by atomic mass is 16.3. The first-order valence-electron chi connectivity index (χ1n) is 7.41. The third-order valence-electron chi connectivity index (χ3n) is 5.74. The van der Waals surface area contributed by atoms with Crippen molar-refractivity contribution in [3.8, 4) is 0 Å². The van der Waals surface area contributed by atoms with E-state index in [4.69, 9.17) is 0 Å². The van der Waals surface area contributed by atoms with Crippen molar-refractivity contribution >= 4 is 0 Å². The lowest BCUT2D eigenvalue weighted by molar-refractivity contribution is 0.130.